The van der Waals surface area contributed by atoms with Crippen molar-refractivity contribution >= 4 is 0 Å². The average Bonchev–Trinajstić information content (AvgIpc) is 2.11. The van der Waals surface area contributed by atoms with Gasteiger partial charge in [0.25, 0.3) is 0 Å². The van der Waals surface area contributed by atoms with E-state index < -0.39 is 0 Å². The summed E-state index contributed by atoms with van der Waals surface area (Å²) in [6.07, 6.45) is 5.44. The molecule has 0 heteroatoms. The molecule has 2 unspecified atom stereocenters. The smallest absolute Gasteiger partial charge is 0.0323 e. The molecule has 0 aromatic rings. The van der Waals surface area contributed by atoms with Gasteiger partial charge in [0.1, 0.15) is 0 Å². The van der Waals surface area contributed by atoms with Crippen LogP contribution in [0.1, 0.15) is 74.1 Å². The molecule has 0 aliphatic rings. The molecular formula is C15H32. The molecule has 0 amide bonds. The van der Waals surface area contributed by atoms with Crippen molar-refractivity contribution in [2.75, 3.05) is 0 Å². The lowest BCUT2D eigenvalue weighted by Crippen LogP contribution is -2.27. The zero-order valence-electron chi connectivity index (χ0n) is 12.1. The van der Waals surface area contributed by atoms with Crippen LogP contribution in [-0.2, 0) is 0 Å². The van der Waals surface area contributed by atoms with Crippen LogP contribution in [0.5, 0.6) is 0 Å². The van der Waals surface area contributed by atoms with Crippen LogP contribution in [0.2, 0.25) is 0 Å². The monoisotopic (exact) mass is 212 g/mol. The van der Waals surface area contributed by atoms with Crippen molar-refractivity contribution in [2.24, 2.45) is 23.2 Å². The van der Waals surface area contributed by atoms with Crippen LogP contribution in [0.25, 0.3) is 0 Å². The van der Waals surface area contributed by atoms with Gasteiger partial charge in [-0.15, -0.1) is 0 Å². The predicted octanol–water partition coefficient (Wildman–Crippen LogP) is 5.52. The minimum absolute atomic E-state index is 0.520. The first-order valence-corrected chi connectivity index (χ1v) is 6.83. The van der Waals surface area contributed by atoms with Gasteiger partial charge in [0.2, 0.25) is 0 Å². The highest BCUT2D eigenvalue weighted by Crippen LogP contribution is 2.39. The van der Waals surface area contributed by atoms with Gasteiger partial charge in [-0.1, -0.05) is 61.3 Å². The molecule has 92 valence electrons. The third-order valence-electron chi connectivity index (χ3n) is 3.92. The number of rotatable bonds is 7. The normalized spacial score (nSPS) is 16.8. The lowest BCUT2D eigenvalue weighted by Gasteiger charge is -2.37. The van der Waals surface area contributed by atoms with Crippen molar-refractivity contribution in [1.29, 1.82) is 0 Å². The minimum atomic E-state index is 0.520. The van der Waals surface area contributed by atoms with Gasteiger partial charge in [0, 0.05) is 0 Å². The van der Waals surface area contributed by atoms with Crippen LogP contribution in [0.3, 0.4) is 0 Å². The molecule has 0 fully saturated rings. The van der Waals surface area contributed by atoms with E-state index in [1.54, 1.807) is 0 Å². The third kappa shape index (κ3) is 5.58. The standard InChI is InChI=1S/C15H32/c1-8-13(5)10-14(9-2)15(6,7)11-12(3)4/h12-14H,8-11H2,1-7H3. The maximum absolute atomic E-state index is 2.46. The van der Waals surface area contributed by atoms with E-state index in [2.05, 4.69) is 48.5 Å². The highest BCUT2D eigenvalue weighted by molar-refractivity contribution is 4.79. The summed E-state index contributed by atoms with van der Waals surface area (Å²) in [5.74, 6) is 2.61. The van der Waals surface area contributed by atoms with Gasteiger partial charge < -0.3 is 0 Å². The van der Waals surface area contributed by atoms with Crippen LogP contribution >= 0.6 is 0 Å². The minimum Gasteiger partial charge on any atom is -0.0651 e. The van der Waals surface area contributed by atoms with E-state index >= 15 is 0 Å². The molecule has 0 rings (SSSR count). The molecule has 0 aliphatic carbocycles. The van der Waals surface area contributed by atoms with Crippen LogP contribution in [0.15, 0.2) is 0 Å². The maximum Gasteiger partial charge on any atom is -0.0323 e. The fraction of sp³-hybridized carbons (Fsp3) is 1.00. The molecule has 0 bridgehead atoms. The van der Waals surface area contributed by atoms with Gasteiger partial charge in [-0.3, -0.25) is 0 Å². The van der Waals surface area contributed by atoms with Gasteiger partial charge in [-0.05, 0) is 36.0 Å². The van der Waals surface area contributed by atoms with Crippen molar-refractivity contribution in [1.82, 2.24) is 0 Å². The van der Waals surface area contributed by atoms with Crippen molar-refractivity contribution in [3.05, 3.63) is 0 Å². The van der Waals surface area contributed by atoms with E-state index in [0.29, 0.717) is 5.41 Å². The summed E-state index contributed by atoms with van der Waals surface area (Å²) in [6, 6.07) is 0. The summed E-state index contributed by atoms with van der Waals surface area (Å²) in [5, 5.41) is 0. The Balaban J connectivity index is 4.36. The zero-order valence-corrected chi connectivity index (χ0v) is 12.1. The van der Waals surface area contributed by atoms with E-state index in [9.17, 15) is 0 Å². The van der Waals surface area contributed by atoms with E-state index in [1.807, 2.05) is 0 Å². The summed E-state index contributed by atoms with van der Waals surface area (Å²) in [5.41, 5.74) is 0.520. The third-order valence-corrected chi connectivity index (χ3v) is 3.92. The molecular weight excluding hydrogens is 180 g/mol. The first-order valence-electron chi connectivity index (χ1n) is 6.83. The predicted molar refractivity (Wildman–Crippen MR) is 71.1 cm³/mol. The molecule has 0 aliphatic heterocycles. The second-order valence-electron chi connectivity index (χ2n) is 6.44. The Hall–Kier alpha value is 0. The lowest BCUT2D eigenvalue weighted by atomic mass is 9.69. The summed E-state index contributed by atoms with van der Waals surface area (Å²) >= 11 is 0. The Morgan fingerprint density at radius 2 is 1.47 bits per heavy atom. The lowest BCUT2D eigenvalue weighted by molar-refractivity contribution is 0.138. The van der Waals surface area contributed by atoms with Gasteiger partial charge >= 0.3 is 0 Å². The second kappa shape index (κ2) is 6.55. The average molecular weight is 212 g/mol. The van der Waals surface area contributed by atoms with Crippen LogP contribution in [0, 0.1) is 23.2 Å². The van der Waals surface area contributed by atoms with Gasteiger partial charge in [-0.2, -0.15) is 0 Å². The van der Waals surface area contributed by atoms with Crippen molar-refractivity contribution < 1.29 is 0 Å². The molecule has 0 aromatic carbocycles. The van der Waals surface area contributed by atoms with E-state index in [0.717, 1.165) is 17.8 Å². The number of hydrogen-bond donors (Lipinski definition) is 0. The van der Waals surface area contributed by atoms with Gasteiger partial charge in [0.15, 0.2) is 0 Å². The first kappa shape index (κ1) is 15.0. The molecule has 0 saturated carbocycles. The largest absolute Gasteiger partial charge is 0.0651 e. The van der Waals surface area contributed by atoms with Crippen LogP contribution < -0.4 is 0 Å². The molecule has 0 N–H and O–H groups in total. The second-order valence-corrected chi connectivity index (χ2v) is 6.44. The van der Waals surface area contributed by atoms with Crippen molar-refractivity contribution in [3.8, 4) is 0 Å². The van der Waals surface area contributed by atoms with Crippen LogP contribution in [-0.4, -0.2) is 0 Å². The summed E-state index contributed by atoms with van der Waals surface area (Å²) in [4.78, 5) is 0. The van der Waals surface area contributed by atoms with Gasteiger partial charge in [0.05, 0.1) is 0 Å². The van der Waals surface area contributed by atoms with E-state index in [1.165, 1.54) is 25.7 Å². The topological polar surface area (TPSA) is 0 Å². The fourth-order valence-electron chi connectivity index (χ4n) is 2.91. The molecule has 0 heterocycles. The maximum atomic E-state index is 2.46. The molecule has 0 saturated heterocycles. The number of hydrogen-bond acceptors (Lipinski definition) is 0. The molecule has 0 nitrogen and oxygen atoms in total. The van der Waals surface area contributed by atoms with Crippen molar-refractivity contribution in [2.45, 2.75) is 74.1 Å². The Bertz CT molecular complexity index is 155. The van der Waals surface area contributed by atoms with Crippen molar-refractivity contribution in [3.63, 3.8) is 0 Å². The van der Waals surface area contributed by atoms with Gasteiger partial charge in [-0.25, -0.2) is 0 Å². The molecule has 0 radical (unpaired) electrons. The molecule has 0 aromatic heterocycles. The highest BCUT2D eigenvalue weighted by atomic mass is 14.3. The highest BCUT2D eigenvalue weighted by Gasteiger charge is 2.29. The summed E-state index contributed by atoms with van der Waals surface area (Å²) < 4.78 is 0. The quantitative estimate of drug-likeness (QED) is 0.521. The van der Waals surface area contributed by atoms with Crippen LogP contribution in [0.4, 0.5) is 0 Å². The first-order chi connectivity index (χ1) is 6.83. The summed E-state index contributed by atoms with van der Waals surface area (Å²) in [6.45, 7) is 16.7. The Labute approximate surface area is 97.8 Å². The SMILES string of the molecule is CCC(C)CC(CC)C(C)(C)CC(C)C. The Kier molecular flexibility index (Phi) is 6.55. The van der Waals surface area contributed by atoms with E-state index in [4.69, 9.17) is 0 Å². The van der Waals surface area contributed by atoms with E-state index in [-0.39, 0.29) is 0 Å². The fourth-order valence-corrected chi connectivity index (χ4v) is 2.91. The Morgan fingerprint density at radius 3 is 1.80 bits per heavy atom. The summed E-state index contributed by atoms with van der Waals surface area (Å²) in [7, 11) is 0. The molecule has 15 heavy (non-hydrogen) atoms. The zero-order chi connectivity index (χ0) is 12.1. The Morgan fingerprint density at radius 1 is 0.933 bits per heavy atom. The molecule has 0 spiro atoms. The molecule has 2 atom stereocenters.